The van der Waals surface area contributed by atoms with Gasteiger partial charge in [0, 0.05) is 0 Å². The van der Waals surface area contributed by atoms with Crippen LogP contribution in [0.3, 0.4) is 0 Å². The molecule has 78 valence electrons. The third-order valence-electron chi connectivity index (χ3n) is 3.02. The number of rotatable bonds is 1. The van der Waals surface area contributed by atoms with Crippen molar-refractivity contribution < 1.29 is 13.2 Å². The molecule has 2 atom stereocenters. The van der Waals surface area contributed by atoms with Crippen molar-refractivity contribution in [1.82, 2.24) is 5.32 Å². The Kier molecular flexibility index (Phi) is 2.90. The van der Waals surface area contributed by atoms with Crippen molar-refractivity contribution in [1.29, 1.82) is 0 Å². The average Bonchev–Trinajstić information content (AvgIpc) is 2.02. The first-order valence-electron chi connectivity index (χ1n) is 4.67. The molecule has 0 aliphatic heterocycles. The van der Waals surface area contributed by atoms with Crippen LogP contribution < -0.4 is 5.32 Å². The third kappa shape index (κ3) is 1.98. The van der Waals surface area contributed by atoms with Crippen molar-refractivity contribution in [3.8, 4) is 0 Å². The van der Waals surface area contributed by atoms with Gasteiger partial charge in [0.05, 0.1) is 0 Å². The zero-order chi connectivity index (χ0) is 10.1. The minimum Gasteiger partial charge on any atom is -0.307 e. The molecule has 0 saturated heterocycles. The molecule has 0 aromatic carbocycles. The quantitative estimate of drug-likeness (QED) is 0.678. The number of alkyl halides is 3. The largest absolute Gasteiger partial charge is 0.406 e. The Morgan fingerprint density at radius 1 is 1.38 bits per heavy atom. The Hall–Kier alpha value is -0.250. The Morgan fingerprint density at radius 2 is 2.00 bits per heavy atom. The monoisotopic (exact) mass is 195 g/mol. The van der Waals surface area contributed by atoms with E-state index in [9.17, 15) is 13.2 Å². The molecule has 13 heavy (non-hydrogen) atoms. The van der Waals surface area contributed by atoms with Gasteiger partial charge in [0.2, 0.25) is 0 Å². The number of halogens is 3. The van der Waals surface area contributed by atoms with Gasteiger partial charge in [-0.05, 0) is 25.8 Å². The highest BCUT2D eigenvalue weighted by atomic mass is 19.4. The van der Waals surface area contributed by atoms with Crippen molar-refractivity contribution in [2.24, 2.45) is 5.92 Å². The highest BCUT2D eigenvalue weighted by molar-refractivity contribution is 4.97. The van der Waals surface area contributed by atoms with Gasteiger partial charge in [-0.3, -0.25) is 0 Å². The molecule has 0 bridgehead atoms. The zero-order valence-electron chi connectivity index (χ0n) is 8.04. The van der Waals surface area contributed by atoms with Crippen LogP contribution in [0.4, 0.5) is 13.2 Å². The van der Waals surface area contributed by atoms with E-state index in [0.29, 0.717) is 6.42 Å². The summed E-state index contributed by atoms with van der Waals surface area (Å²) >= 11 is 0. The normalized spacial score (nSPS) is 36.2. The van der Waals surface area contributed by atoms with Gasteiger partial charge < -0.3 is 5.32 Å². The van der Waals surface area contributed by atoms with E-state index in [1.807, 2.05) is 6.92 Å². The summed E-state index contributed by atoms with van der Waals surface area (Å²) in [5, 5.41) is 2.46. The van der Waals surface area contributed by atoms with E-state index < -0.39 is 11.7 Å². The van der Waals surface area contributed by atoms with Gasteiger partial charge in [-0.1, -0.05) is 19.8 Å². The van der Waals surface area contributed by atoms with Crippen LogP contribution in [0.25, 0.3) is 0 Å². The topological polar surface area (TPSA) is 12.0 Å². The van der Waals surface area contributed by atoms with E-state index >= 15 is 0 Å². The Balaban J connectivity index is 2.79. The first kappa shape index (κ1) is 10.8. The number of hydrogen-bond acceptors (Lipinski definition) is 1. The first-order valence-corrected chi connectivity index (χ1v) is 4.67. The van der Waals surface area contributed by atoms with E-state index in [-0.39, 0.29) is 18.8 Å². The van der Waals surface area contributed by atoms with Gasteiger partial charge in [-0.25, -0.2) is 0 Å². The highest BCUT2D eigenvalue weighted by Gasteiger charge is 2.54. The van der Waals surface area contributed by atoms with Crippen molar-refractivity contribution in [3.05, 3.63) is 0 Å². The molecule has 1 rings (SSSR count). The maximum atomic E-state index is 12.7. The van der Waals surface area contributed by atoms with Crippen molar-refractivity contribution in [2.45, 2.75) is 44.3 Å². The van der Waals surface area contributed by atoms with Crippen LogP contribution in [0.2, 0.25) is 0 Å². The molecule has 1 nitrogen and oxygen atoms in total. The van der Waals surface area contributed by atoms with Crippen LogP contribution in [-0.2, 0) is 0 Å². The minimum atomic E-state index is -4.11. The van der Waals surface area contributed by atoms with Gasteiger partial charge in [0.15, 0.2) is 0 Å². The summed E-state index contributed by atoms with van der Waals surface area (Å²) in [5.74, 6) is 0.169. The second kappa shape index (κ2) is 3.48. The lowest BCUT2D eigenvalue weighted by atomic mass is 9.76. The van der Waals surface area contributed by atoms with Gasteiger partial charge >= 0.3 is 6.18 Å². The predicted molar refractivity (Wildman–Crippen MR) is 45.5 cm³/mol. The van der Waals surface area contributed by atoms with E-state index in [1.54, 1.807) is 0 Å². The molecule has 0 amide bonds. The molecule has 1 aliphatic carbocycles. The molecular formula is C9H16F3N. The molecule has 0 aromatic heterocycles. The smallest absolute Gasteiger partial charge is 0.307 e. The van der Waals surface area contributed by atoms with E-state index in [2.05, 4.69) is 5.32 Å². The fourth-order valence-electron chi connectivity index (χ4n) is 2.18. The summed E-state index contributed by atoms with van der Waals surface area (Å²) in [6.07, 6.45) is -2.10. The molecule has 2 unspecified atom stereocenters. The molecular weight excluding hydrogens is 179 g/mol. The summed E-state index contributed by atoms with van der Waals surface area (Å²) in [6, 6.07) is 0. The molecule has 1 aliphatic rings. The second-order valence-corrected chi connectivity index (χ2v) is 4.03. The van der Waals surface area contributed by atoms with Crippen molar-refractivity contribution in [3.63, 3.8) is 0 Å². The lowest BCUT2D eigenvalue weighted by Gasteiger charge is -2.41. The van der Waals surface area contributed by atoms with Crippen molar-refractivity contribution >= 4 is 0 Å². The first-order chi connectivity index (χ1) is 5.91. The summed E-state index contributed by atoms with van der Waals surface area (Å²) < 4.78 is 38.1. The zero-order valence-corrected chi connectivity index (χ0v) is 8.04. The Labute approximate surface area is 76.7 Å². The lowest BCUT2D eigenvalue weighted by molar-refractivity contribution is -0.207. The Morgan fingerprint density at radius 3 is 2.31 bits per heavy atom. The maximum Gasteiger partial charge on any atom is 0.406 e. The van der Waals surface area contributed by atoms with Gasteiger partial charge in [0.25, 0.3) is 0 Å². The van der Waals surface area contributed by atoms with Crippen LogP contribution >= 0.6 is 0 Å². The van der Waals surface area contributed by atoms with Gasteiger partial charge in [0.1, 0.15) is 5.54 Å². The highest BCUT2D eigenvalue weighted by Crippen LogP contribution is 2.43. The Bertz CT molecular complexity index is 178. The van der Waals surface area contributed by atoms with Crippen LogP contribution in [0.15, 0.2) is 0 Å². The van der Waals surface area contributed by atoms with Gasteiger partial charge in [-0.15, -0.1) is 0 Å². The summed E-state index contributed by atoms with van der Waals surface area (Å²) in [6.45, 7) is 1.89. The third-order valence-corrected chi connectivity index (χ3v) is 3.02. The minimum absolute atomic E-state index is 0.169. The maximum absolute atomic E-state index is 12.7. The molecule has 1 fully saturated rings. The number of nitrogens with one attached hydrogen (secondary N) is 1. The fourth-order valence-corrected chi connectivity index (χ4v) is 2.18. The molecule has 0 heterocycles. The molecule has 1 saturated carbocycles. The van der Waals surface area contributed by atoms with Crippen LogP contribution in [0, 0.1) is 5.92 Å². The second-order valence-electron chi connectivity index (χ2n) is 4.03. The summed E-state index contributed by atoms with van der Waals surface area (Å²) in [4.78, 5) is 0. The van der Waals surface area contributed by atoms with Gasteiger partial charge in [-0.2, -0.15) is 13.2 Å². The SMILES string of the molecule is CNC1(C(F)(F)F)CCCC(C)C1. The lowest BCUT2D eigenvalue weighted by Crippen LogP contribution is -2.57. The van der Waals surface area contributed by atoms with Crippen LogP contribution in [0.5, 0.6) is 0 Å². The van der Waals surface area contributed by atoms with Crippen LogP contribution in [-0.4, -0.2) is 18.8 Å². The molecule has 0 radical (unpaired) electrons. The fraction of sp³-hybridized carbons (Fsp3) is 1.00. The number of hydrogen-bond donors (Lipinski definition) is 1. The standard InChI is InChI=1S/C9H16F3N/c1-7-4-3-5-8(6-7,13-2)9(10,11)12/h7,13H,3-6H2,1-2H3. The van der Waals surface area contributed by atoms with E-state index in [4.69, 9.17) is 0 Å². The van der Waals surface area contributed by atoms with Crippen LogP contribution in [0.1, 0.15) is 32.6 Å². The molecule has 4 heteroatoms. The average molecular weight is 195 g/mol. The molecule has 1 N–H and O–H groups in total. The predicted octanol–water partition coefficient (Wildman–Crippen LogP) is 2.72. The summed E-state index contributed by atoms with van der Waals surface area (Å²) in [5.41, 5.74) is -1.62. The van der Waals surface area contributed by atoms with E-state index in [1.165, 1.54) is 7.05 Å². The van der Waals surface area contributed by atoms with E-state index in [0.717, 1.165) is 6.42 Å². The molecule has 0 spiro atoms. The molecule has 0 aromatic rings. The van der Waals surface area contributed by atoms with Crippen molar-refractivity contribution in [2.75, 3.05) is 7.05 Å². The summed E-state index contributed by atoms with van der Waals surface area (Å²) in [7, 11) is 1.41.